The second kappa shape index (κ2) is 41.7. The van der Waals surface area contributed by atoms with Crippen LogP contribution in [0.2, 0.25) is 0 Å². The van der Waals surface area contributed by atoms with Gasteiger partial charge < -0.3 is 5.11 Å². The van der Waals surface area contributed by atoms with Crippen LogP contribution in [0.4, 0.5) is 0 Å². The van der Waals surface area contributed by atoms with E-state index in [1.165, 1.54) is 137 Å². The molecule has 0 amide bonds. The van der Waals surface area contributed by atoms with E-state index in [1.54, 1.807) is 0 Å². The van der Waals surface area contributed by atoms with Gasteiger partial charge >= 0.3 is 0 Å². The zero-order chi connectivity index (χ0) is 49.4. The normalized spacial score (nSPS) is 15.1. The van der Waals surface area contributed by atoms with Gasteiger partial charge in [0.2, 0.25) is 0 Å². The van der Waals surface area contributed by atoms with Crippen molar-refractivity contribution in [2.75, 3.05) is 6.61 Å². The largest absolute Gasteiger partial charge is 0.392 e. The van der Waals surface area contributed by atoms with Crippen molar-refractivity contribution < 1.29 is 5.11 Å². The minimum atomic E-state index is 0.148. The van der Waals surface area contributed by atoms with Gasteiger partial charge in [-0.1, -0.05) is 151 Å². The molecule has 0 saturated heterocycles. The summed E-state index contributed by atoms with van der Waals surface area (Å²) in [7, 11) is 0. The lowest BCUT2D eigenvalue weighted by Gasteiger charge is -2.04. The SMILES string of the molecule is CC(C)=CCC/C(C)=C/CC/C(C)=C/CC/C(C)=C/CC/C(C)=C/CC/C(C)=C/CC/C(C)=C/CC/C(C)=C/CC/C(C)=C/CC/C(C)=C/CC/C(C)=C/CC/C(C)=C/CC/C(C)=C/CO. The van der Waals surface area contributed by atoms with Crippen molar-refractivity contribution in [1.82, 2.24) is 0 Å². The van der Waals surface area contributed by atoms with Gasteiger partial charge in [-0.2, -0.15) is 0 Å². The van der Waals surface area contributed by atoms with Gasteiger partial charge in [-0.05, 0) is 251 Å². The van der Waals surface area contributed by atoms with Gasteiger partial charge in [0, 0.05) is 0 Å². The predicted molar refractivity (Wildman–Crippen MR) is 302 cm³/mol. The molecule has 0 radical (unpaired) electrons. The van der Waals surface area contributed by atoms with Gasteiger partial charge in [0.25, 0.3) is 0 Å². The van der Waals surface area contributed by atoms with Crippen molar-refractivity contribution in [3.8, 4) is 0 Å². The van der Waals surface area contributed by atoms with Crippen LogP contribution in [0.15, 0.2) is 151 Å². The molecule has 0 aromatic heterocycles. The Balaban J connectivity index is 4.29. The van der Waals surface area contributed by atoms with Crippen molar-refractivity contribution in [3.63, 3.8) is 0 Å². The summed E-state index contributed by atoms with van der Waals surface area (Å²) in [5.41, 5.74) is 19.4. The summed E-state index contributed by atoms with van der Waals surface area (Å²) in [6.07, 6.45) is 58.9. The summed E-state index contributed by atoms with van der Waals surface area (Å²) in [6.45, 7) is 31.9. The molecule has 0 fully saturated rings. The third-order valence-electron chi connectivity index (χ3n) is 12.9. The van der Waals surface area contributed by atoms with Gasteiger partial charge in [-0.15, -0.1) is 0 Å². The molecule has 0 heterocycles. The maximum atomic E-state index is 9.01. The first-order valence-electron chi connectivity index (χ1n) is 26.6. The van der Waals surface area contributed by atoms with E-state index in [9.17, 15) is 0 Å². The molecule has 0 unspecified atom stereocenters. The molecule has 1 N–H and O–H groups in total. The highest BCUT2D eigenvalue weighted by molar-refractivity contribution is 5.12. The first-order valence-corrected chi connectivity index (χ1v) is 26.6. The van der Waals surface area contributed by atoms with Crippen LogP contribution in [0.25, 0.3) is 0 Å². The molecule has 1 heteroatoms. The Bertz CT molecular complexity index is 1730. The lowest BCUT2D eigenvalue weighted by molar-refractivity contribution is 0.341. The van der Waals surface area contributed by atoms with Gasteiger partial charge in [0.15, 0.2) is 0 Å². The fraction of sp³-hybridized carbons (Fsp3) is 0.600. The number of rotatable bonds is 37. The van der Waals surface area contributed by atoms with Gasteiger partial charge in [-0.3, -0.25) is 0 Å². The maximum Gasteiger partial charge on any atom is 0.0614 e. The average Bonchev–Trinajstić information content (AvgIpc) is 3.23. The van der Waals surface area contributed by atoms with E-state index in [4.69, 9.17) is 5.11 Å². The molecule has 0 rings (SSSR count). The number of allylic oxidation sites excluding steroid dienone is 25. The van der Waals surface area contributed by atoms with Crippen LogP contribution < -0.4 is 0 Å². The van der Waals surface area contributed by atoms with E-state index in [0.717, 1.165) is 89.9 Å². The molecule has 0 aliphatic heterocycles. The average molecular weight is 904 g/mol. The molecule has 0 spiro atoms. The highest BCUT2D eigenvalue weighted by Gasteiger charge is 1.99. The maximum absolute atomic E-state index is 9.01. The standard InChI is InChI=1S/C65H106O/c1-53(2)27-15-28-54(3)29-16-30-55(4)31-17-32-56(5)33-18-34-57(6)35-19-36-58(7)37-20-38-59(8)39-21-40-60(9)41-22-42-61(10)43-23-44-62(11)45-24-46-63(12)47-25-48-64(13)49-26-50-65(14)51-52-66/h27,29,31,33,35,37,39,41,43,45,47,49,51,66H,15-26,28,30,32,34,36,38,40,42,44,46,48,50,52H2,1-14H3/b54-29+,55-31+,56-33+,57-35+,58-37+,59-39+,60-41+,61-43+,62-45+,63-47+,64-49+,65-51+. The minimum Gasteiger partial charge on any atom is -0.392 e. The smallest absolute Gasteiger partial charge is 0.0614 e. The van der Waals surface area contributed by atoms with Crippen LogP contribution >= 0.6 is 0 Å². The van der Waals surface area contributed by atoms with Crippen molar-refractivity contribution in [2.45, 2.75) is 251 Å². The van der Waals surface area contributed by atoms with Crippen molar-refractivity contribution in [2.24, 2.45) is 0 Å². The number of hydrogen-bond donors (Lipinski definition) is 1. The van der Waals surface area contributed by atoms with E-state index in [2.05, 4.69) is 170 Å². The Hall–Kier alpha value is -3.42. The van der Waals surface area contributed by atoms with Crippen LogP contribution in [-0.2, 0) is 0 Å². The number of aliphatic hydroxyl groups excluding tert-OH is 1. The molecule has 0 aliphatic carbocycles. The van der Waals surface area contributed by atoms with Crippen LogP contribution in [0, 0.1) is 0 Å². The molecule has 0 saturated carbocycles. The van der Waals surface area contributed by atoms with Crippen LogP contribution in [0.5, 0.6) is 0 Å². The van der Waals surface area contributed by atoms with Gasteiger partial charge in [0.1, 0.15) is 0 Å². The van der Waals surface area contributed by atoms with E-state index < -0.39 is 0 Å². The molecule has 0 atom stereocenters. The highest BCUT2D eigenvalue weighted by Crippen LogP contribution is 2.19. The first kappa shape index (κ1) is 62.6. The van der Waals surface area contributed by atoms with Crippen LogP contribution in [-0.4, -0.2) is 11.7 Å². The Kier molecular flexibility index (Phi) is 39.6. The van der Waals surface area contributed by atoms with E-state index in [1.807, 2.05) is 6.08 Å². The number of aliphatic hydroxyl groups is 1. The molecule has 0 aliphatic rings. The molecule has 0 aromatic rings. The summed E-state index contributed by atoms with van der Waals surface area (Å²) < 4.78 is 0. The molecular weight excluding hydrogens is 797 g/mol. The fourth-order valence-electron chi connectivity index (χ4n) is 7.98. The molecular formula is C65H106O. The van der Waals surface area contributed by atoms with Crippen LogP contribution in [0.1, 0.15) is 251 Å². The first-order chi connectivity index (χ1) is 31.5. The molecule has 0 aromatic carbocycles. The fourth-order valence-corrected chi connectivity index (χ4v) is 7.98. The Morgan fingerprint density at radius 3 is 0.439 bits per heavy atom. The molecule has 0 bridgehead atoms. The summed E-state index contributed by atoms with van der Waals surface area (Å²) in [4.78, 5) is 0. The van der Waals surface area contributed by atoms with Gasteiger partial charge in [0.05, 0.1) is 6.61 Å². The van der Waals surface area contributed by atoms with Crippen molar-refractivity contribution in [3.05, 3.63) is 151 Å². The lowest BCUT2D eigenvalue weighted by Crippen LogP contribution is -1.84. The lowest BCUT2D eigenvalue weighted by atomic mass is 10.0. The zero-order valence-electron chi connectivity index (χ0n) is 46.1. The van der Waals surface area contributed by atoms with Crippen molar-refractivity contribution in [1.29, 1.82) is 0 Å². The third kappa shape index (κ3) is 42.0. The zero-order valence-corrected chi connectivity index (χ0v) is 46.1. The van der Waals surface area contributed by atoms with Gasteiger partial charge in [-0.25, -0.2) is 0 Å². The topological polar surface area (TPSA) is 20.2 Å². The second-order valence-electron chi connectivity index (χ2n) is 20.5. The summed E-state index contributed by atoms with van der Waals surface area (Å²) in [6, 6.07) is 0. The molecule has 66 heavy (non-hydrogen) atoms. The Morgan fingerprint density at radius 1 is 0.197 bits per heavy atom. The highest BCUT2D eigenvalue weighted by atomic mass is 16.2. The second-order valence-corrected chi connectivity index (χ2v) is 20.5. The van der Waals surface area contributed by atoms with E-state index in [-0.39, 0.29) is 6.61 Å². The minimum absolute atomic E-state index is 0.148. The van der Waals surface area contributed by atoms with E-state index in [0.29, 0.717) is 0 Å². The monoisotopic (exact) mass is 903 g/mol. The summed E-state index contributed by atoms with van der Waals surface area (Å²) >= 11 is 0. The summed E-state index contributed by atoms with van der Waals surface area (Å²) in [5.74, 6) is 0. The quantitative estimate of drug-likeness (QED) is 0.0616. The summed E-state index contributed by atoms with van der Waals surface area (Å²) in [5, 5.41) is 9.01. The Morgan fingerprint density at radius 2 is 0.318 bits per heavy atom. The predicted octanol–water partition coefficient (Wildman–Crippen LogP) is 21.7. The molecule has 1 nitrogen and oxygen atoms in total. The van der Waals surface area contributed by atoms with Crippen LogP contribution in [0.3, 0.4) is 0 Å². The van der Waals surface area contributed by atoms with Crippen molar-refractivity contribution >= 4 is 0 Å². The van der Waals surface area contributed by atoms with E-state index >= 15 is 0 Å². The number of hydrogen-bond acceptors (Lipinski definition) is 1. The third-order valence-corrected chi connectivity index (χ3v) is 12.9. The Labute approximate surface area is 412 Å². The molecule has 372 valence electrons.